The highest BCUT2D eigenvalue weighted by Crippen LogP contribution is 2.30. The van der Waals surface area contributed by atoms with Crippen molar-refractivity contribution in [3.8, 4) is 0 Å². The molecule has 1 unspecified atom stereocenters. The summed E-state index contributed by atoms with van der Waals surface area (Å²) in [6.45, 7) is 3.58. The molecular formula is C12H15FO3S. The predicted octanol–water partition coefficient (Wildman–Crippen LogP) is 2.53. The SMILES string of the molecule is CCOC(=O)CSc1c(F)cccc1C(C)O. The van der Waals surface area contributed by atoms with Crippen LogP contribution in [-0.2, 0) is 9.53 Å². The van der Waals surface area contributed by atoms with Crippen molar-refractivity contribution in [3.63, 3.8) is 0 Å². The standard InChI is InChI=1S/C12H15FO3S/c1-3-16-11(15)7-17-12-9(8(2)14)5-4-6-10(12)13/h4-6,8,14H,3,7H2,1-2H3. The first-order valence-corrected chi connectivity index (χ1v) is 6.29. The number of ether oxygens (including phenoxy) is 1. The number of carbonyl (C=O) groups is 1. The lowest BCUT2D eigenvalue weighted by Gasteiger charge is -2.11. The normalized spacial score (nSPS) is 12.2. The van der Waals surface area contributed by atoms with Gasteiger partial charge in [0.2, 0.25) is 0 Å². The van der Waals surface area contributed by atoms with E-state index in [1.165, 1.54) is 12.1 Å². The molecule has 0 fully saturated rings. The fourth-order valence-electron chi connectivity index (χ4n) is 1.34. The lowest BCUT2D eigenvalue weighted by molar-refractivity contribution is -0.139. The summed E-state index contributed by atoms with van der Waals surface area (Å²) in [5.41, 5.74) is 0.485. The van der Waals surface area contributed by atoms with Crippen LogP contribution in [0.25, 0.3) is 0 Å². The zero-order valence-electron chi connectivity index (χ0n) is 9.77. The van der Waals surface area contributed by atoms with E-state index in [0.29, 0.717) is 17.1 Å². The van der Waals surface area contributed by atoms with Gasteiger partial charge >= 0.3 is 5.97 Å². The van der Waals surface area contributed by atoms with Crippen molar-refractivity contribution in [2.45, 2.75) is 24.8 Å². The summed E-state index contributed by atoms with van der Waals surface area (Å²) in [6.07, 6.45) is -0.768. The number of carbonyl (C=O) groups excluding carboxylic acids is 1. The molecule has 17 heavy (non-hydrogen) atoms. The Morgan fingerprint density at radius 2 is 2.29 bits per heavy atom. The number of rotatable bonds is 5. The summed E-state index contributed by atoms with van der Waals surface area (Å²) in [4.78, 5) is 11.5. The Morgan fingerprint density at radius 1 is 1.59 bits per heavy atom. The third kappa shape index (κ3) is 4.02. The third-order valence-electron chi connectivity index (χ3n) is 2.09. The Labute approximate surface area is 104 Å². The molecule has 0 saturated carbocycles. The van der Waals surface area contributed by atoms with Crippen LogP contribution in [0.5, 0.6) is 0 Å². The van der Waals surface area contributed by atoms with Crippen molar-refractivity contribution in [2.24, 2.45) is 0 Å². The Morgan fingerprint density at radius 3 is 2.88 bits per heavy atom. The van der Waals surface area contributed by atoms with Crippen molar-refractivity contribution in [3.05, 3.63) is 29.6 Å². The topological polar surface area (TPSA) is 46.5 Å². The highest BCUT2D eigenvalue weighted by atomic mass is 32.2. The van der Waals surface area contributed by atoms with Crippen molar-refractivity contribution < 1.29 is 19.0 Å². The largest absolute Gasteiger partial charge is 0.465 e. The maximum Gasteiger partial charge on any atom is 0.316 e. The number of esters is 1. The molecule has 1 aromatic rings. The first-order chi connectivity index (χ1) is 8.06. The maximum absolute atomic E-state index is 13.6. The van der Waals surface area contributed by atoms with Crippen LogP contribution >= 0.6 is 11.8 Å². The lowest BCUT2D eigenvalue weighted by Crippen LogP contribution is -2.07. The van der Waals surface area contributed by atoms with Crippen molar-refractivity contribution in [2.75, 3.05) is 12.4 Å². The van der Waals surface area contributed by atoms with Gasteiger partial charge in [0, 0.05) is 4.90 Å². The summed E-state index contributed by atoms with van der Waals surface area (Å²) < 4.78 is 18.3. The van der Waals surface area contributed by atoms with Crippen molar-refractivity contribution in [1.29, 1.82) is 0 Å². The number of aliphatic hydroxyl groups is 1. The van der Waals surface area contributed by atoms with Crippen LogP contribution in [0.15, 0.2) is 23.1 Å². The minimum Gasteiger partial charge on any atom is -0.465 e. The average Bonchev–Trinajstić information content (AvgIpc) is 2.27. The summed E-state index contributed by atoms with van der Waals surface area (Å²) in [6, 6.07) is 4.48. The van der Waals surface area contributed by atoms with Crippen LogP contribution in [0.3, 0.4) is 0 Å². The molecule has 1 N–H and O–H groups in total. The summed E-state index contributed by atoms with van der Waals surface area (Å²) in [7, 11) is 0. The summed E-state index contributed by atoms with van der Waals surface area (Å²) in [5, 5.41) is 9.50. The Hall–Kier alpha value is -1.07. The molecule has 0 radical (unpaired) electrons. The molecule has 0 aliphatic rings. The fourth-order valence-corrected chi connectivity index (χ4v) is 2.30. The van der Waals surface area contributed by atoms with E-state index in [1.54, 1.807) is 19.9 Å². The number of halogens is 1. The number of hydrogen-bond donors (Lipinski definition) is 1. The fraction of sp³-hybridized carbons (Fsp3) is 0.417. The summed E-state index contributed by atoms with van der Waals surface area (Å²) >= 11 is 1.04. The second-order valence-electron chi connectivity index (χ2n) is 3.43. The molecule has 3 nitrogen and oxygen atoms in total. The van der Waals surface area contributed by atoms with E-state index in [-0.39, 0.29) is 5.75 Å². The molecule has 0 bridgehead atoms. The molecule has 0 aliphatic carbocycles. The van der Waals surface area contributed by atoms with Gasteiger partial charge < -0.3 is 9.84 Å². The van der Waals surface area contributed by atoms with Gasteiger partial charge in [0.05, 0.1) is 18.5 Å². The number of aliphatic hydroxyl groups excluding tert-OH is 1. The monoisotopic (exact) mass is 258 g/mol. The molecule has 0 spiro atoms. The van der Waals surface area contributed by atoms with E-state index in [2.05, 4.69) is 0 Å². The van der Waals surface area contributed by atoms with Gasteiger partial charge in [-0.15, -0.1) is 11.8 Å². The molecule has 1 aromatic carbocycles. The minimum atomic E-state index is -0.768. The molecule has 0 aliphatic heterocycles. The van der Waals surface area contributed by atoms with Gasteiger partial charge in [-0.1, -0.05) is 12.1 Å². The van der Waals surface area contributed by atoms with E-state index in [0.717, 1.165) is 11.8 Å². The molecule has 1 rings (SSSR count). The van der Waals surface area contributed by atoms with E-state index < -0.39 is 17.9 Å². The minimum absolute atomic E-state index is 0.0362. The molecule has 5 heteroatoms. The van der Waals surface area contributed by atoms with Gasteiger partial charge in [0.25, 0.3) is 0 Å². The van der Waals surface area contributed by atoms with E-state index >= 15 is 0 Å². The van der Waals surface area contributed by atoms with Gasteiger partial charge in [0.15, 0.2) is 0 Å². The van der Waals surface area contributed by atoms with Crippen molar-refractivity contribution >= 4 is 17.7 Å². The zero-order valence-corrected chi connectivity index (χ0v) is 10.6. The molecule has 0 heterocycles. The van der Waals surface area contributed by atoms with Crippen LogP contribution in [0.4, 0.5) is 4.39 Å². The summed E-state index contributed by atoms with van der Waals surface area (Å²) in [5.74, 6) is -0.788. The Balaban J connectivity index is 2.79. The second-order valence-corrected chi connectivity index (χ2v) is 4.41. The number of thioether (sulfide) groups is 1. The molecule has 1 atom stereocenters. The number of hydrogen-bond acceptors (Lipinski definition) is 4. The van der Waals surface area contributed by atoms with Crippen LogP contribution < -0.4 is 0 Å². The highest BCUT2D eigenvalue weighted by molar-refractivity contribution is 8.00. The van der Waals surface area contributed by atoms with Gasteiger partial charge in [-0.3, -0.25) is 4.79 Å². The van der Waals surface area contributed by atoms with Crippen LogP contribution in [0.2, 0.25) is 0 Å². The molecule has 0 amide bonds. The molecule has 0 aromatic heterocycles. The maximum atomic E-state index is 13.6. The quantitative estimate of drug-likeness (QED) is 0.651. The van der Waals surface area contributed by atoms with Crippen LogP contribution in [0, 0.1) is 5.82 Å². The van der Waals surface area contributed by atoms with E-state index in [9.17, 15) is 14.3 Å². The van der Waals surface area contributed by atoms with Gasteiger partial charge in [0.1, 0.15) is 5.82 Å². The highest BCUT2D eigenvalue weighted by Gasteiger charge is 2.14. The zero-order chi connectivity index (χ0) is 12.8. The second kappa shape index (κ2) is 6.61. The third-order valence-corrected chi connectivity index (χ3v) is 3.19. The molecular weight excluding hydrogens is 243 g/mol. The predicted molar refractivity (Wildman–Crippen MR) is 64.4 cm³/mol. The first kappa shape index (κ1) is 14.0. The van der Waals surface area contributed by atoms with Crippen LogP contribution in [-0.4, -0.2) is 23.4 Å². The smallest absolute Gasteiger partial charge is 0.316 e. The lowest BCUT2D eigenvalue weighted by atomic mass is 10.1. The van der Waals surface area contributed by atoms with Gasteiger partial charge in [-0.25, -0.2) is 4.39 Å². The van der Waals surface area contributed by atoms with E-state index in [1.807, 2.05) is 0 Å². The van der Waals surface area contributed by atoms with Crippen LogP contribution in [0.1, 0.15) is 25.5 Å². The number of benzene rings is 1. The average molecular weight is 258 g/mol. The first-order valence-electron chi connectivity index (χ1n) is 5.31. The van der Waals surface area contributed by atoms with Crippen molar-refractivity contribution in [1.82, 2.24) is 0 Å². The Bertz CT molecular complexity index is 393. The van der Waals surface area contributed by atoms with Gasteiger partial charge in [-0.05, 0) is 25.5 Å². The Kier molecular flexibility index (Phi) is 5.44. The van der Waals surface area contributed by atoms with E-state index in [4.69, 9.17) is 4.74 Å². The molecule has 0 saturated heterocycles. The molecule has 94 valence electrons. The van der Waals surface area contributed by atoms with Gasteiger partial charge in [-0.2, -0.15) is 0 Å².